The van der Waals surface area contributed by atoms with E-state index in [1.54, 1.807) is 48.5 Å². The van der Waals surface area contributed by atoms with Gasteiger partial charge in [-0.1, -0.05) is 54.1 Å². The molecule has 3 N–H and O–H groups in total. The molecule has 0 aliphatic heterocycles. The fourth-order valence-corrected chi connectivity index (χ4v) is 3.88. The van der Waals surface area contributed by atoms with Crippen LogP contribution in [-0.4, -0.2) is 28.6 Å². The molecular formula is C26H22ClN3O3. The Kier molecular flexibility index (Phi) is 6.56. The Bertz CT molecular complexity index is 1350. The quantitative estimate of drug-likeness (QED) is 0.339. The van der Waals surface area contributed by atoms with Crippen LogP contribution in [0.25, 0.3) is 10.9 Å². The predicted molar refractivity (Wildman–Crippen MR) is 130 cm³/mol. The van der Waals surface area contributed by atoms with Crippen LogP contribution in [0.15, 0.2) is 79.0 Å². The molecule has 0 unspecified atom stereocenters. The van der Waals surface area contributed by atoms with E-state index in [-0.39, 0.29) is 17.8 Å². The molecule has 0 radical (unpaired) electrons. The lowest BCUT2D eigenvalue weighted by Gasteiger charge is -2.19. The van der Waals surface area contributed by atoms with Gasteiger partial charge in [0.2, 0.25) is 5.91 Å². The highest BCUT2D eigenvalue weighted by Gasteiger charge is 2.24. The molecule has 1 aromatic heterocycles. The Morgan fingerprint density at radius 3 is 2.52 bits per heavy atom. The van der Waals surface area contributed by atoms with Gasteiger partial charge < -0.3 is 15.6 Å². The number of hydrogen-bond donors (Lipinski definition) is 3. The molecule has 4 rings (SSSR count). The normalized spacial score (nSPS) is 11.7. The second-order valence-corrected chi connectivity index (χ2v) is 8.10. The molecule has 0 spiro atoms. The Labute approximate surface area is 196 Å². The maximum Gasteiger partial charge on any atom is 0.253 e. The molecule has 0 saturated carbocycles. The van der Waals surface area contributed by atoms with Gasteiger partial charge in [0.15, 0.2) is 5.78 Å². The fourth-order valence-electron chi connectivity index (χ4n) is 3.66. The van der Waals surface area contributed by atoms with E-state index in [0.29, 0.717) is 16.3 Å². The van der Waals surface area contributed by atoms with Crippen LogP contribution in [0.4, 0.5) is 5.69 Å². The number of Topliss-reactive ketones (excluding diaryl/α,β-unsaturated/α-hetero) is 1. The van der Waals surface area contributed by atoms with Crippen molar-refractivity contribution in [2.75, 3.05) is 5.32 Å². The van der Waals surface area contributed by atoms with Gasteiger partial charge in [-0.2, -0.15) is 0 Å². The van der Waals surface area contributed by atoms with E-state index in [4.69, 9.17) is 11.6 Å². The predicted octanol–water partition coefficient (Wildman–Crippen LogP) is 5.00. The number of amides is 2. The van der Waals surface area contributed by atoms with Crippen molar-refractivity contribution in [1.82, 2.24) is 10.3 Å². The van der Waals surface area contributed by atoms with Crippen LogP contribution in [0.1, 0.15) is 33.2 Å². The van der Waals surface area contributed by atoms with Gasteiger partial charge in [-0.15, -0.1) is 0 Å². The summed E-state index contributed by atoms with van der Waals surface area (Å²) in [5.41, 5.74) is 3.08. The van der Waals surface area contributed by atoms with Crippen molar-refractivity contribution in [1.29, 1.82) is 0 Å². The van der Waals surface area contributed by atoms with Crippen LogP contribution in [0.5, 0.6) is 0 Å². The minimum atomic E-state index is -0.881. The summed E-state index contributed by atoms with van der Waals surface area (Å²) in [4.78, 5) is 41.1. The highest BCUT2D eigenvalue weighted by atomic mass is 35.5. The van der Waals surface area contributed by atoms with Crippen LogP contribution in [0.2, 0.25) is 5.02 Å². The van der Waals surface area contributed by atoms with E-state index in [1.807, 2.05) is 30.5 Å². The first-order valence-corrected chi connectivity index (χ1v) is 10.8. The molecule has 7 heteroatoms. The zero-order valence-electron chi connectivity index (χ0n) is 17.9. The number of para-hydroxylation sites is 1. The lowest BCUT2D eigenvalue weighted by atomic mass is 10.0. The van der Waals surface area contributed by atoms with Crippen molar-refractivity contribution in [3.63, 3.8) is 0 Å². The first-order valence-electron chi connectivity index (χ1n) is 10.4. The van der Waals surface area contributed by atoms with Crippen LogP contribution in [0, 0.1) is 0 Å². The number of carbonyl (C=O) groups is 3. The van der Waals surface area contributed by atoms with Crippen molar-refractivity contribution < 1.29 is 14.4 Å². The molecule has 4 aromatic rings. The van der Waals surface area contributed by atoms with Gasteiger partial charge in [0.1, 0.15) is 6.04 Å². The third-order valence-electron chi connectivity index (χ3n) is 5.38. The molecule has 0 fully saturated rings. The minimum absolute atomic E-state index is 0.103. The van der Waals surface area contributed by atoms with Gasteiger partial charge in [0.25, 0.3) is 5.91 Å². The number of fused-ring (bicyclic) bond motifs is 1. The molecule has 6 nitrogen and oxygen atoms in total. The molecule has 3 aromatic carbocycles. The van der Waals surface area contributed by atoms with Gasteiger partial charge in [-0.25, -0.2) is 0 Å². The lowest BCUT2D eigenvalue weighted by molar-refractivity contribution is -0.118. The number of H-pyrrole nitrogens is 1. The zero-order chi connectivity index (χ0) is 23.4. The van der Waals surface area contributed by atoms with Crippen LogP contribution in [0.3, 0.4) is 0 Å². The molecule has 0 bridgehead atoms. The van der Waals surface area contributed by atoms with Crippen LogP contribution < -0.4 is 10.6 Å². The molecule has 1 heterocycles. The monoisotopic (exact) mass is 459 g/mol. The summed E-state index contributed by atoms with van der Waals surface area (Å²) in [7, 11) is 0. The van der Waals surface area contributed by atoms with Gasteiger partial charge in [-0.3, -0.25) is 14.4 Å². The van der Waals surface area contributed by atoms with Crippen molar-refractivity contribution in [2.45, 2.75) is 19.4 Å². The summed E-state index contributed by atoms with van der Waals surface area (Å²) in [5.74, 6) is -0.951. The number of ketones is 1. The van der Waals surface area contributed by atoms with Crippen LogP contribution in [-0.2, 0) is 11.2 Å². The summed E-state index contributed by atoms with van der Waals surface area (Å²) in [5, 5.41) is 6.91. The second kappa shape index (κ2) is 9.71. The number of benzene rings is 3. The fraction of sp³-hybridized carbons (Fsp3) is 0.115. The van der Waals surface area contributed by atoms with E-state index in [2.05, 4.69) is 15.6 Å². The number of aromatic nitrogens is 1. The molecule has 1 atom stereocenters. The number of rotatable bonds is 7. The third kappa shape index (κ3) is 5.13. The standard InChI is InChI=1S/C26H22ClN3O3/c1-16(31)17-7-6-8-19(13-17)29-26(33)24(30-25(32)21-10-2-4-11-22(21)27)14-18-15-28-23-12-5-3-9-20(18)23/h2-13,15,24,28H,14H2,1H3,(H,29,33)(H,30,32)/t24-/m0/s1. The minimum Gasteiger partial charge on any atom is -0.361 e. The molecule has 2 amide bonds. The summed E-state index contributed by atoms with van der Waals surface area (Å²) in [6, 6.07) is 20.2. The largest absolute Gasteiger partial charge is 0.361 e. The molecule has 33 heavy (non-hydrogen) atoms. The van der Waals surface area contributed by atoms with E-state index in [0.717, 1.165) is 16.5 Å². The van der Waals surface area contributed by atoms with Crippen molar-refractivity contribution in [3.8, 4) is 0 Å². The first-order chi connectivity index (χ1) is 15.9. The van der Waals surface area contributed by atoms with E-state index in [9.17, 15) is 14.4 Å². The number of carbonyl (C=O) groups excluding carboxylic acids is 3. The maximum atomic E-state index is 13.3. The summed E-state index contributed by atoms with van der Waals surface area (Å²) < 4.78 is 0. The SMILES string of the molecule is CC(=O)c1cccc(NC(=O)[C@H](Cc2c[nH]c3ccccc23)NC(=O)c2ccccc2Cl)c1. The van der Waals surface area contributed by atoms with Gasteiger partial charge in [0, 0.05) is 34.8 Å². The van der Waals surface area contributed by atoms with Crippen molar-refractivity contribution >= 4 is 45.8 Å². The molecule has 0 aliphatic carbocycles. The molecule has 0 saturated heterocycles. The number of nitrogens with one attached hydrogen (secondary N) is 3. The third-order valence-corrected chi connectivity index (χ3v) is 5.71. The first kappa shape index (κ1) is 22.3. The highest BCUT2D eigenvalue weighted by Crippen LogP contribution is 2.21. The van der Waals surface area contributed by atoms with E-state index < -0.39 is 17.9 Å². The average Bonchev–Trinajstić information content (AvgIpc) is 3.22. The molecule has 0 aliphatic rings. The van der Waals surface area contributed by atoms with Gasteiger partial charge in [-0.05, 0) is 42.8 Å². The second-order valence-electron chi connectivity index (χ2n) is 7.70. The Balaban J connectivity index is 1.62. The lowest BCUT2D eigenvalue weighted by Crippen LogP contribution is -2.45. The van der Waals surface area contributed by atoms with Gasteiger partial charge >= 0.3 is 0 Å². The number of hydrogen-bond acceptors (Lipinski definition) is 3. The zero-order valence-corrected chi connectivity index (χ0v) is 18.6. The Hall–Kier alpha value is -3.90. The number of halogens is 1. The van der Waals surface area contributed by atoms with Gasteiger partial charge in [0.05, 0.1) is 10.6 Å². The topological polar surface area (TPSA) is 91.1 Å². The van der Waals surface area contributed by atoms with E-state index >= 15 is 0 Å². The van der Waals surface area contributed by atoms with Crippen molar-refractivity contribution in [3.05, 3.63) is 101 Å². The summed E-state index contributed by atoms with van der Waals surface area (Å²) in [6.07, 6.45) is 2.10. The average molecular weight is 460 g/mol. The molecular weight excluding hydrogens is 438 g/mol. The molecule has 166 valence electrons. The Morgan fingerprint density at radius 2 is 1.73 bits per heavy atom. The smallest absolute Gasteiger partial charge is 0.253 e. The number of aromatic amines is 1. The Morgan fingerprint density at radius 1 is 0.970 bits per heavy atom. The number of anilines is 1. The summed E-state index contributed by atoms with van der Waals surface area (Å²) >= 11 is 6.18. The summed E-state index contributed by atoms with van der Waals surface area (Å²) in [6.45, 7) is 1.46. The highest BCUT2D eigenvalue weighted by molar-refractivity contribution is 6.33. The van der Waals surface area contributed by atoms with Crippen molar-refractivity contribution in [2.24, 2.45) is 0 Å². The maximum absolute atomic E-state index is 13.3. The van der Waals surface area contributed by atoms with E-state index in [1.165, 1.54) is 6.92 Å². The van der Waals surface area contributed by atoms with Crippen LogP contribution >= 0.6 is 11.6 Å².